The Morgan fingerprint density at radius 1 is 1.53 bits per heavy atom. The molecule has 1 aromatic carbocycles. The SMILES string of the molecule is O=C(O)CCC1CCN(Cc2ccc(Cl)cc2Br)C1. The third-order valence-electron chi connectivity index (χ3n) is 3.55. The molecular weight excluding hydrogens is 330 g/mol. The zero-order valence-corrected chi connectivity index (χ0v) is 13.0. The molecule has 0 spiro atoms. The van der Waals surface area contributed by atoms with Crippen molar-refractivity contribution < 1.29 is 9.90 Å². The molecule has 1 fully saturated rings. The van der Waals surface area contributed by atoms with Gasteiger partial charge in [0.2, 0.25) is 0 Å². The van der Waals surface area contributed by atoms with E-state index in [1.165, 1.54) is 5.56 Å². The fourth-order valence-electron chi connectivity index (χ4n) is 2.51. The predicted molar refractivity (Wildman–Crippen MR) is 79.4 cm³/mol. The van der Waals surface area contributed by atoms with Crippen molar-refractivity contribution in [3.8, 4) is 0 Å². The van der Waals surface area contributed by atoms with Crippen molar-refractivity contribution >= 4 is 33.5 Å². The summed E-state index contributed by atoms with van der Waals surface area (Å²) in [6.45, 7) is 2.92. The van der Waals surface area contributed by atoms with Gasteiger partial charge in [0.25, 0.3) is 0 Å². The normalized spacial score (nSPS) is 19.8. The smallest absolute Gasteiger partial charge is 0.303 e. The second-order valence-corrected chi connectivity index (χ2v) is 6.35. The molecule has 1 atom stereocenters. The van der Waals surface area contributed by atoms with Crippen molar-refractivity contribution in [3.05, 3.63) is 33.3 Å². The zero-order chi connectivity index (χ0) is 13.8. The van der Waals surface area contributed by atoms with E-state index in [0.717, 1.165) is 42.0 Å². The summed E-state index contributed by atoms with van der Waals surface area (Å²) in [6, 6.07) is 5.85. The first-order valence-corrected chi connectivity index (χ1v) is 7.60. The molecule has 104 valence electrons. The summed E-state index contributed by atoms with van der Waals surface area (Å²) in [7, 11) is 0. The zero-order valence-electron chi connectivity index (χ0n) is 10.6. The van der Waals surface area contributed by atoms with Gasteiger partial charge in [0.05, 0.1) is 0 Å². The third-order valence-corrected chi connectivity index (χ3v) is 4.52. The standard InChI is InChI=1S/C14H17BrClNO2/c15-13-7-12(16)3-2-11(13)9-17-6-5-10(8-17)1-4-14(18)19/h2-3,7,10H,1,4-6,8-9H2,(H,18,19). The molecule has 0 aromatic heterocycles. The van der Waals surface area contributed by atoms with Crippen LogP contribution in [0.2, 0.25) is 5.02 Å². The van der Waals surface area contributed by atoms with Crippen LogP contribution in [-0.2, 0) is 11.3 Å². The van der Waals surface area contributed by atoms with Gasteiger partial charge >= 0.3 is 5.97 Å². The highest BCUT2D eigenvalue weighted by Gasteiger charge is 2.23. The molecule has 1 aliphatic rings. The lowest BCUT2D eigenvalue weighted by molar-refractivity contribution is -0.137. The Balaban J connectivity index is 1.86. The number of hydrogen-bond acceptors (Lipinski definition) is 2. The van der Waals surface area contributed by atoms with Gasteiger partial charge in [-0.1, -0.05) is 33.6 Å². The number of aliphatic carboxylic acids is 1. The Labute approximate surface area is 126 Å². The maximum absolute atomic E-state index is 10.6. The largest absolute Gasteiger partial charge is 0.481 e. The van der Waals surface area contributed by atoms with E-state index in [0.29, 0.717) is 5.92 Å². The van der Waals surface area contributed by atoms with E-state index in [2.05, 4.69) is 20.8 Å². The van der Waals surface area contributed by atoms with Gasteiger partial charge in [0, 0.05) is 29.0 Å². The molecule has 2 rings (SSSR count). The maximum atomic E-state index is 10.6. The van der Waals surface area contributed by atoms with Crippen LogP contribution >= 0.6 is 27.5 Å². The molecule has 0 saturated carbocycles. The summed E-state index contributed by atoms with van der Waals surface area (Å²) in [5.74, 6) is -0.180. The Hall–Kier alpha value is -0.580. The Kier molecular flexibility index (Phi) is 5.25. The topological polar surface area (TPSA) is 40.5 Å². The molecule has 3 nitrogen and oxygen atoms in total. The number of rotatable bonds is 5. The van der Waals surface area contributed by atoms with Crippen molar-refractivity contribution in [2.75, 3.05) is 13.1 Å². The van der Waals surface area contributed by atoms with E-state index in [-0.39, 0.29) is 6.42 Å². The van der Waals surface area contributed by atoms with Crippen LogP contribution in [0.25, 0.3) is 0 Å². The first-order chi connectivity index (χ1) is 9.04. The van der Waals surface area contributed by atoms with Crippen molar-refractivity contribution in [2.45, 2.75) is 25.8 Å². The van der Waals surface area contributed by atoms with Crippen LogP contribution in [-0.4, -0.2) is 29.1 Å². The lowest BCUT2D eigenvalue weighted by Crippen LogP contribution is -2.20. The van der Waals surface area contributed by atoms with Crippen LogP contribution in [0.15, 0.2) is 22.7 Å². The average Bonchev–Trinajstić information content (AvgIpc) is 2.78. The van der Waals surface area contributed by atoms with Gasteiger partial charge in [-0.3, -0.25) is 9.69 Å². The Bertz CT molecular complexity index is 467. The molecule has 1 saturated heterocycles. The molecule has 1 unspecified atom stereocenters. The quantitative estimate of drug-likeness (QED) is 0.882. The second kappa shape index (κ2) is 6.73. The molecule has 19 heavy (non-hydrogen) atoms. The van der Waals surface area contributed by atoms with Gasteiger partial charge in [-0.25, -0.2) is 0 Å². The van der Waals surface area contributed by atoms with Gasteiger partial charge in [-0.05, 0) is 43.0 Å². The molecule has 1 aliphatic heterocycles. The lowest BCUT2D eigenvalue weighted by Gasteiger charge is -2.17. The number of hydrogen-bond donors (Lipinski definition) is 1. The molecule has 0 amide bonds. The molecule has 1 N–H and O–H groups in total. The van der Waals surface area contributed by atoms with Crippen LogP contribution in [0, 0.1) is 5.92 Å². The van der Waals surface area contributed by atoms with Crippen molar-refractivity contribution in [3.63, 3.8) is 0 Å². The van der Waals surface area contributed by atoms with Crippen molar-refractivity contribution in [2.24, 2.45) is 5.92 Å². The van der Waals surface area contributed by atoms with E-state index in [1.807, 2.05) is 18.2 Å². The molecule has 5 heteroatoms. The number of carboxylic acids is 1. The Morgan fingerprint density at radius 3 is 3.00 bits per heavy atom. The molecule has 0 bridgehead atoms. The fourth-order valence-corrected chi connectivity index (χ4v) is 3.32. The predicted octanol–water partition coefficient (Wildman–Crippen LogP) is 3.79. The number of likely N-dealkylation sites (tertiary alicyclic amines) is 1. The number of carboxylic acid groups (broad SMARTS) is 1. The van der Waals surface area contributed by atoms with E-state index in [9.17, 15) is 4.79 Å². The molecular formula is C14H17BrClNO2. The van der Waals surface area contributed by atoms with E-state index >= 15 is 0 Å². The van der Waals surface area contributed by atoms with E-state index in [4.69, 9.17) is 16.7 Å². The molecule has 1 aromatic rings. The molecule has 0 radical (unpaired) electrons. The van der Waals surface area contributed by atoms with Crippen LogP contribution in [0.1, 0.15) is 24.8 Å². The van der Waals surface area contributed by atoms with Crippen molar-refractivity contribution in [1.82, 2.24) is 4.90 Å². The van der Waals surface area contributed by atoms with E-state index < -0.39 is 5.97 Å². The van der Waals surface area contributed by atoms with Gasteiger partial charge < -0.3 is 5.11 Å². The third kappa shape index (κ3) is 4.48. The first kappa shape index (κ1) is 14.8. The minimum atomic E-state index is -0.695. The summed E-state index contributed by atoms with van der Waals surface area (Å²) in [5, 5.41) is 9.44. The van der Waals surface area contributed by atoms with Crippen molar-refractivity contribution in [1.29, 1.82) is 0 Å². The average molecular weight is 347 g/mol. The highest BCUT2D eigenvalue weighted by molar-refractivity contribution is 9.10. The van der Waals surface area contributed by atoms with Crippen LogP contribution in [0.5, 0.6) is 0 Å². The fraction of sp³-hybridized carbons (Fsp3) is 0.500. The second-order valence-electron chi connectivity index (χ2n) is 5.06. The summed E-state index contributed by atoms with van der Waals surface area (Å²) >= 11 is 9.46. The summed E-state index contributed by atoms with van der Waals surface area (Å²) < 4.78 is 1.04. The summed E-state index contributed by atoms with van der Waals surface area (Å²) in [6.07, 6.45) is 2.16. The number of benzene rings is 1. The monoisotopic (exact) mass is 345 g/mol. The summed E-state index contributed by atoms with van der Waals surface area (Å²) in [5.41, 5.74) is 1.23. The summed E-state index contributed by atoms with van der Waals surface area (Å²) in [4.78, 5) is 12.9. The Morgan fingerprint density at radius 2 is 2.32 bits per heavy atom. The van der Waals surface area contributed by atoms with E-state index in [1.54, 1.807) is 0 Å². The van der Waals surface area contributed by atoms with Gasteiger partial charge in [-0.15, -0.1) is 0 Å². The van der Waals surface area contributed by atoms with Gasteiger partial charge in [0.15, 0.2) is 0 Å². The lowest BCUT2D eigenvalue weighted by atomic mass is 10.0. The maximum Gasteiger partial charge on any atom is 0.303 e. The van der Waals surface area contributed by atoms with Gasteiger partial charge in [-0.2, -0.15) is 0 Å². The first-order valence-electron chi connectivity index (χ1n) is 6.42. The highest BCUT2D eigenvalue weighted by Crippen LogP contribution is 2.26. The molecule has 1 heterocycles. The number of carbonyl (C=O) groups is 1. The van der Waals surface area contributed by atoms with Crippen LogP contribution in [0.3, 0.4) is 0 Å². The molecule has 0 aliphatic carbocycles. The number of halogens is 2. The number of nitrogens with zero attached hydrogens (tertiary/aromatic N) is 1. The minimum Gasteiger partial charge on any atom is -0.481 e. The minimum absolute atomic E-state index is 0.281. The van der Waals surface area contributed by atoms with Crippen LogP contribution < -0.4 is 0 Å². The van der Waals surface area contributed by atoms with Crippen LogP contribution in [0.4, 0.5) is 0 Å². The highest BCUT2D eigenvalue weighted by atomic mass is 79.9. The van der Waals surface area contributed by atoms with Gasteiger partial charge in [0.1, 0.15) is 0 Å².